The molecule has 0 radical (unpaired) electrons. The van der Waals surface area contributed by atoms with E-state index in [1.54, 1.807) is 24.4 Å². The van der Waals surface area contributed by atoms with Crippen LogP contribution >= 0.6 is 0 Å². The summed E-state index contributed by atoms with van der Waals surface area (Å²) >= 11 is 0. The van der Waals surface area contributed by atoms with Crippen molar-refractivity contribution in [2.24, 2.45) is 5.92 Å². The molecule has 1 heterocycles. The molecule has 2 aromatic rings. The van der Waals surface area contributed by atoms with E-state index in [0.29, 0.717) is 35.0 Å². The molecule has 0 atom stereocenters. The maximum Gasteiger partial charge on any atom is 0.255 e. The smallest absolute Gasteiger partial charge is 0.255 e. The standard InChI is InChI=1S/C21H25N3O2/c1-3-9-22-20-13-17(8-10-23-20)21(26)24-18-12-16(7-4-14(18)2)19(25)11-15-5-6-15/h4,7-8,10,12-13,15H,3,5-6,9,11H2,1-2H3,(H,22,23)(H,24,26). The van der Waals surface area contributed by atoms with E-state index >= 15 is 0 Å². The van der Waals surface area contributed by atoms with E-state index < -0.39 is 0 Å². The van der Waals surface area contributed by atoms with Crippen LogP contribution in [0.15, 0.2) is 36.5 Å². The Morgan fingerprint density at radius 1 is 1.15 bits per heavy atom. The summed E-state index contributed by atoms with van der Waals surface area (Å²) in [5, 5.41) is 6.10. The number of hydrogen-bond donors (Lipinski definition) is 2. The number of amides is 1. The Hall–Kier alpha value is -2.69. The molecule has 26 heavy (non-hydrogen) atoms. The van der Waals surface area contributed by atoms with Crippen molar-refractivity contribution in [3.8, 4) is 0 Å². The third-order valence-corrected chi connectivity index (χ3v) is 4.56. The van der Waals surface area contributed by atoms with Gasteiger partial charge in [0.05, 0.1) is 0 Å². The topological polar surface area (TPSA) is 71.1 Å². The van der Waals surface area contributed by atoms with Crippen molar-refractivity contribution in [3.05, 3.63) is 53.2 Å². The number of aromatic nitrogens is 1. The lowest BCUT2D eigenvalue weighted by atomic mass is 10.0. The molecule has 136 valence electrons. The average molecular weight is 351 g/mol. The quantitative estimate of drug-likeness (QED) is 0.690. The van der Waals surface area contributed by atoms with Gasteiger partial charge in [-0.25, -0.2) is 4.98 Å². The number of anilines is 2. The van der Waals surface area contributed by atoms with Gasteiger partial charge < -0.3 is 10.6 Å². The molecule has 0 bridgehead atoms. The molecule has 2 N–H and O–H groups in total. The summed E-state index contributed by atoms with van der Waals surface area (Å²) in [6.45, 7) is 4.80. The highest BCUT2D eigenvalue weighted by atomic mass is 16.1. The van der Waals surface area contributed by atoms with Crippen LogP contribution in [0, 0.1) is 12.8 Å². The maximum absolute atomic E-state index is 12.6. The zero-order valence-corrected chi connectivity index (χ0v) is 15.3. The number of carbonyl (C=O) groups is 2. The van der Waals surface area contributed by atoms with Gasteiger partial charge in [-0.3, -0.25) is 9.59 Å². The molecule has 1 aliphatic carbocycles. The molecule has 5 nitrogen and oxygen atoms in total. The maximum atomic E-state index is 12.6. The number of nitrogens with one attached hydrogen (secondary N) is 2. The van der Waals surface area contributed by atoms with Gasteiger partial charge in [-0.2, -0.15) is 0 Å². The predicted octanol–water partition coefficient (Wildman–Crippen LogP) is 4.45. The molecule has 1 aromatic carbocycles. The second-order valence-corrected chi connectivity index (χ2v) is 6.91. The summed E-state index contributed by atoms with van der Waals surface area (Å²) in [4.78, 5) is 29.2. The largest absolute Gasteiger partial charge is 0.370 e. The van der Waals surface area contributed by atoms with E-state index in [1.165, 1.54) is 0 Å². The van der Waals surface area contributed by atoms with Crippen LogP contribution in [0.25, 0.3) is 0 Å². The van der Waals surface area contributed by atoms with E-state index in [4.69, 9.17) is 0 Å². The van der Waals surface area contributed by atoms with Crippen molar-refractivity contribution < 1.29 is 9.59 Å². The Labute approximate surface area is 154 Å². The summed E-state index contributed by atoms with van der Waals surface area (Å²) in [5.74, 6) is 1.18. The van der Waals surface area contributed by atoms with Crippen molar-refractivity contribution in [2.75, 3.05) is 17.2 Å². The summed E-state index contributed by atoms with van der Waals surface area (Å²) < 4.78 is 0. The van der Waals surface area contributed by atoms with Gasteiger partial charge in [0, 0.05) is 36.0 Å². The van der Waals surface area contributed by atoms with Crippen LogP contribution in [0.3, 0.4) is 0 Å². The second kappa shape index (κ2) is 8.13. The first kappa shape index (κ1) is 18.1. The number of ketones is 1. The van der Waals surface area contributed by atoms with Gasteiger partial charge in [0.15, 0.2) is 5.78 Å². The Morgan fingerprint density at radius 2 is 1.96 bits per heavy atom. The first-order valence-corrected chi connectivity index (χ1v) is 9.22. The summed E-state index contributed by atoms with van der Waals surface area (Å²) in [5.41, 5.74) is 2.81. The monoisotopic (exact) mass is 351 g/mol. The minimum absolute atomic E-state index is 0.151. The van der Waals surface area contributed by atoms with Gasteiger partial charge >= 0.3 is 0 Å². The lowest BCUT2D eigenvalue weighted by Gasteiger charge is -2.11. The molecule has 1 aromatic heterocycles. The number of nitrogens with zero attached hydrogens (tertiary/aromatic N) is 1. The first-order valence-electron chi connectivity index (χ1n) is 9.22. The molecular weight excluding hydrogens is 326 g/mol. The van der Waals surface area contributed by atoms with E-state index in [1.807, 2.05) is 19.1 Å². The molecule has 0 unspecified atom stereocenters. The number of benzene rings is 1. The van der Waals surface area contributed by atoms with Crippen molar-refractivity contribution in [2.45, 2.75) is 39.5 Å². The van der Waals surface area contributed by atoms with Crippen LogP contribution < -0.4 is 10.6 Å². The molecule has 1 saturated carbocycles. The SMILES string of the molecule is CCCNc1cc(C(=O)Nc2cc(C(=O)CC3CC3)ccc2C)ccn1. The molecule has 5 heteroatoms. The van der Waals surface area contributed by atoms with Gasteiger partial charge in [-0.05, 0) is 55.9 Å². The lowest BCUT2D eigenvalue weighted by Crippen LogP contribution is -2.14. The molecule has 1 amide bonds. The zero-order chi connectivity index (χ0) is 18.5. The summed E-state index contributed by atoms with van der Waals surface area (Å²) in [6.07, 6.45) is 5.51. The van der Waals surface area contributed by atoms with Gasteiger partial charge in [0.2, 0.25) is 0 Å². The van der Waals surface area contributed by atoms with Crippen molar-refractivity contribution >= 4 is 23.2 Å². The van der Waals surface area contributed by atoms with E-state index in [-0.39, 0.29) is 11.7 Å². The van der Waals surface area contributed by atoms with E-state index in [0.717, 1.165) is 31.4 Å². The molecule has 1 aliphatic rings. The van der Waals surface area contributed by atoms with E-state index in [2.05, 4.69) is 22.5 Å². The highest BCUT2D eigenvalue weighted by Crippen LogP contribution is 2.33. The fraction of sp³-hybridized carbons (Fsp3) is 0.381. The van der Waals surface area contributed by atoms with Gasteiger partial charge in [-0.1, -0.05) is 19.1 Å². The normalized spacial score (nSPS) is 13.3. The van der Waals surface area contributed by atoms with Gasteiger partial charge in [0.25, 0.3) is 5.91 Å². The third kappa shape index (κ3) is 4.69. The Kier molecular flexibility index (Phi) is 5.66. The molecular formula is C21H25N3O2. The molecule has 0 aliphatic heterocycles. The van der Waals surface area contributed by atoms with Gasteiger partial charge in [-0.15, -0.1) is 0 Å². The zero-order valence-electron chi connectivity index (χ0n) is 15.3. The third-order valence-electron chi connectivity index (χ3n) is 4.56. The molecule has 0 saturated heterocycles. The molecule has 1 fully saturated rings. The van der Waals surface area contributed by atoms with Crippen molar-refractivity contribution in [1.82, 2.24) is 4.98 Å². The van der Waals surface area contributed by atoms with E-state index in [9.17, 15) is 9.59 Å². The van der Waals surface area contributed by atoms with Crippen LogP contribution in [0.5, 0.6) is 0 Å². The van der Waals surface area contributed by atoms with Crippen molar-refractivity contribution in [3.63, 3.8) is 0 Å². The number of carbonyl (C=O) groups excluding carboxylic acids is 2. The van der Waals surface area contributed by atoms with Crippen LogP contribution in [0.2, 0.25) is 0 Å². The molecule has 0 spiro atoms. The second-order valence-electron chi connectivity index (χ2n) is 6.91. The fourth-order valence-electron chi connectivity index (χ4n) is 2.75. The van der Waals surface area contributed by atoms with Crippen LogP contribution in [0.4, 0.5) is 11.5 Å². The summed E-state index contributed by atoms with van der Waals surface area (Å²) in [6, 6.07) is 8.94. The van der Waals surface area contributed by atoms with Crippen molar-refractivity contribution in [1.29, 1.82) is 0 Å². The van der Waals surface area contributed by atoms with Crippen LogP contribution in [-0.4, -0.2) is 23.2 Å². The predicted molar refractivity (Wildman–Crippen MR) is 104 cm³/mol. The minimum atomic E-state index is -0.207. The molecule has 3 rings (SSSR count). The lowest BCUT2D eigenvalue weighted by molar-refractivity contribution is 0.0974. The average Bonchev–Trinajstić information content (AvgIpc) is 3.46. The number of Topliss-reactive ketones (excluding diaryl/α,β-unsaturated/α-hetero) is 1. The van der Waals surface area contributed by atoms with Gasteiger partial charge in [0.1, 0.15) is 5.82 Å². The number of aryl methyl sites for hydroxylation is 1. The summed E-state index contributed by atoms with van der Waals surface area (Å²) in [7, 11) is 0. The Balaban J connectivity index is 1.73. The van der Waals surface area contributed by atoms with Crippen LogP contribution in [-0.2, 0) is 0 Å². The highest BCUT2D eigenvalue weighted by Gasteiger charge is 2.25. The Morgan fingerprint density at radius 3 is 2.69 bits per heavy atom. The first-order chi connectivity index (χ1) is 12.6. The Bertz CT molecular complexity index is 813. The van der Waals surface area contributed by atoms with Crippen LogP contribution in [0.1, 0.15) is 58.9 Å². The number of hydrogen-bond acceptors (Lipinski definition) is 4. The number of rotatable bonds is 8. The highest BCUT2D eigenvalue weighted by molar-refractivity contribution is 6.06. The minimum Gasteiger partial charge on any atom is -0.370 e. The fourth-order valence-corrected chi connectivity index (χ4v) is 2.75. The number of pyridine rings is 1.